The molecule has 1 aliphatic heterocycles. The van der Waals surface area contributed by atoms with Crippen molar-refractivity contribution in [3.05, 3.63) is 65.2 Å². The molecule has 0 saturated heterocycles. The van der Waals surface area contributed by atoms with E-state index >= 15 is 0 Å². The molecular formula is C16H17NO. The molecule has 1 heterocycles. The molecule has 1 unspecified atom stereocenters. The van der Waals surface area contributed by atoms with Crippen molar-refractivity contribution in [1.82, 2.24) is 5.32 Å². The molecule has 0 spiro atoms. The van der Waals surface area contributed by atoms with E-state index in [0.29, 0.717) is 5.75 Å². The summed E-state index contributed by atoms with van der Waals surface area (Å²) < 4.78 is 0. The van der Waals surface area contributed by atoms with Gasteiger partial charge in [-0.1, -0.05) is 36.4 Å². The SMILES string of the molecule is CC1(c2ccccc2)NCCc2cc(O)ccc21. The Bertz CT molecular complexity index is 565. The third-order valence-electron chi connectivity index (χ3n) is 3.85. The molecule has 0 saturated carbocycles. The monoisotopic (exact) mass is 239 g/mol. The number of fused-ring (bicyclic) bond motifs is 1. The number of rotatable bonds is 1. The number of phenols is 1. The minimum atomic E-state index is -0.164. The molecule has 18 heavy (non-hydrogen) atoms. The van der Waals surface area contributed by atoms with Crippen LogP contribution in [0.2, 0.25) is 0 Å². The highest BCUT2D eigenvalue weighted by Crippen LogP contribution is 2.35. The van der Waals surface area contributed by atoms with E-state index in [9.17, 15) is 5.11 Å². The second-order valence-corrected chi connectivity index (χ2v) is 5.01. The number of benzene rings is 2. The minimum Gasteiger partial charge on any atom is -0.508 e. The van der Waals surface area contributed by atoms with E-state index in [1.165, 1.54) is 16.7 Å². The van der Waals surface area contributed by atoms with Crippen molar-refractivity contribution in [2.45, 2.75) is 18.9 Å². The van der Waals surface area contributed by atoms with Gasteiger partial charge in [-0.2, -0.15) is 0 Å². The van der Waals surface area contributed by atoms with Crippen LogP contribution in [0.15, 0.2) is 48.5 Å². The van der Waals surface area contributed by atoms with Crippen molar-refractivity contribution in [2.24, 2.45) is 0 Å². The Balaban J connectivity index is 2.16. The van der Waals surface area contributed by atoms with Gasteiger partial charge in [0.1, 0.15) is 5.75 Å². The summed E-state index contributed by atoms with van der Waals surface area (Å²) in [5.41, 5.74) is 3.59. The van der Waals surface area contributed by atoms with Crippen LogP contribution in [0.1, 0.15) is 23.6 Å². The van der Waals surface area contributed by atoms with Gasteiger partial charge in [-0.05, 0) is 42.2 Å². The number of hydrogen-bond acceptors (Lipinski definition) is 2. The van der Waals surface area contributed by atoms with Gasteiger partial charge in [0.05, 0.1) is 5.54 Å². The van der Waals surface area contributed by atoms with Gasteiger partial charge in [0.2, 0.25) is 0 Å². The largest absolute Gasteiger partial charge is 0.508 e. The molecule has 92 valence electrons. The van der Waals surface area contributed by atoms with Crippen LogP contribution in [0.25, 0.3) is 0 Å². The first-order valence-corrected chi connectivity index (χ1v) is 6.33. The van der Waals surface area contributed by atoms with Crippen molar-refractivity contribution in [1.29, 1.82) is 0 Å². The lowest BCUT2D eigenvalue weighted by Crippen LogP contribution is -2.45. The third-order valence-corrected chi connectivity index (χ3v) is 3.85. The Kier molecular flexibility index (Phi) is 2.60. The predicted octanol–water partition coefficient (Wildman–Crippen LogP) is 2.80. The summed E-state index contributed by atoms with van der Waals surface area (Å²) in [6.45, 7) is 3.14. The summed E-state index contributed by atoms with van der Waals surface area (Å²) in [7, 11) is 0. The van der Waals surface area contributed by atoms with Gasteiger partial charge in [-0.3, -0.25) is 0 Å². The van der Waals surface area contributed by atoms with Crippen molar-refractivity contribution < 1.29 is 5.11 Å². The lowest BCUT2D eigenvalue weighted by atomic mass is 9.79. The zero-order valence-electron chi connectivity index (χ0n) is 10.5. The predicted molar refractivity (Wildman–Crippen MR) is 72.7 cm³/mol. The maximum Gasteiger partial charge on any atom is 0.115 e. The molecule has 2 aromatic carbocycles. The van der Waals surface area contributed by atoms with E-state index in [4.69, 9.17) is 0 Å². The molecule has 2 aromatic rings. The normalized spacial score (nSPS) is 22.5. The van der Waals surface area contributed by atoms with Crippen LogP contribution < -0.4 is 5.32 Å². The van der Waals surface area contributed by atoms with Crippen LogP contribution in [0.4, 0.5) is 0 Å². The Labute approximate surface area is 107 Å². The van der Waals surface area contributed by atoms with Crippen molar-refractivity contribution in [3.8, 4) is 5.75 Å². The fourth-order valence-electron chi connectivity index (χ4n) is 2.85. The highest BCUT2D eigenvalue weighted by atomic mass is 16.3. The Hall–Kier alpha value is -1.80. The van der Waals surface area contributed by atoms with Gasteiger partial charge >= 0.3 is 0 Å². The van der Waals surface area contributed by atoms with Crippen LogP contribution in [0.3, 0.4) is 0 Å². The molecule has 0 fully saturated rings. The summed E-state index contributed by atoms with van der Waals surface area (Å²) in [6.07, 6.45) is 0.964. The number of aromatic hydroxyl groups is 1. The lowest BCUT2D eigenvalue weighted by molar-refractivity contribution is 0.411. The highest BCUT2D eigenvalue weighted by Gasteiger charge is 2.33. The molecule has 0 radical (unpaired) electrons. The molecule has 0 bridgehead atoms. The molecule has 1 atom stereocenters. The Morgan fingerprint density at radius 3 is 2.67 bits per heavy atom. The number of hydrogen-bond donors (Lipinski definition) is 2. The molecule has 2 heteroatoms. The van der Waals surface area contributed by atoms with Crippen LogP contribution in [0.5, 0.6) is 5.75 Å². The van der Waals surface area contributed by atoms with Crippen LogP contribution in [-0.4, -0.2) is 11.7 Å². The first kappa shape index (κ1) is 11.3. The summed E-state index contributed by atoms with van der Waals surface area (Å²) in [6, 6.07) is 16.2. The Morgan fingerprint density at radius 2 is 1.89 bits per heavy atom. The standard InChI is InChI=1S/C16H17NO/c1-16(13-5-3-2-4-6-13)15-8-7-14(18)11-12(15)9-10-17-16/h2-8,11,17-18H,9-10H2,1H3. The van der Waals surface area contributed by atoms with E-state index in [0.717, 1.165) is 13.0 Å². The third kappa shape index (κ3) is 1.70. The van der Waals surface area contributed by atoms with Crippen molar-refractivity contribution in [2.75, 3.05) is 6.54 Å². The van der Waals surface area contributed by atoms with E-state index in [1.807, 2.05) is 18.2 Å². The fourth-order valence-corrected chi connectivity index (χ4v) is 2.85. The fraction of sp³-hybridized carbons (Fsp3) is 0.250. The zero-order valence-corrected chi connectivity index (χ0v) is 10.5. The minimum absolute atomic E-state index is 0.164. The van der Waals surface area contributed by atoms with E-state index in [-0.39, 0.29) is 5.54 Å². The molecular weight excluding hydrogens is 222 g/mol. The molecule has 0 aliphatic carbocycles. The number of nitrogens with one attached hydrogen (secondary N) is 1. The second kappa shape index (κ2) is 4.14. The average Bonchev–Trinajstić information content (AvgIpc) is 2.40. The second-order valence-electron chi connectivity index (χ2n) is 5.01. The molecule has 0 amide bonds. The summed E-state index contributed by atoms with van der Waals surface area (Å²) in [5.74, 6) is 0.353. The molecule has 3 rings (SSSR count). The highest BCUT2D eigenvalue weighted by molar-refractivity contribution is 5.46. The molecule has 2 N–H and O–H groups in total. The summed E-state index contributed by atoms with van der Waals surface area (Å²) >= 11 is 0. The smallest absolute Gasteiger partial charge is 0.115 e. The first-order chi connectivity index (χ1) is 8.70. The van der Waals surface area contributed by atoms with Gasteiger partial charge in [0.25, 0.3) is 0 Å². The van der Waals surface area contributed by atoms with E-state index in [2.05, 4.69) is 36.5 Å². The van der Waals surface area contributed by atoms with Crippen molar-refractivity contribution in [3.63, 3.8) is 0 Å². The van der Waals surface area contributed by atoms with Gasteiger partial charge < -0.3 is 10.4 Å². The van der Waals surface area contributed by atoms with Crippen molar-refractivity contribution >= 4 is 0 Å². The topological polar surface area (TPSA) is 32.3 Å². The molecule has 1 aliphatic rings. The van der Waals surface area contributed by atoms with Crippen LogP contribution >= 0.6 is 0 Å². The lowest BCUT2D eigenvalue weighted by Gasteiger charge is -2.38. The van der Waals surface area contributed by atoms with Crippen LogP contribution in [-0.2, 0) is 12.0 Å². The molecule has 2 nitrogen and oxygen atoms in total. The van der Waals surface area contributed by atoms with Gasteiger partial charge in [-0.25, -0.2) is 0 Å². The van der Waals surface area contributed by atoms with E-state index in [1.54, 1.807) is 6.07 Å². The van der Waals surface area contributed by atoms with Gasteiger partial charge in [0, 0.05) is 6.54 Å². The Morgan fingerprint density at radius 1 is 1.11 bits per heavy atom. The number of phenolic OH excluding ortho intramolecular Hbond substituents is 1. The van der Waals surface area contributed by atoms with Gasteiger partial charge in [-0.15, -0.1) is 0 Å². The summed E-state index contributed by atoms with van der Waals surface area (Å²) in [5, 5.41) is 13.2. The summed E-state index contributed by atoms with van der Waals surface area (Å²) in [4.78, 5) is 0. The molecule has 0 aromatic heterocycles. The quantitative estimate of drug-likeness (QED) is 0.802. The zero-order chi connectivity index (χ0) is 12.6. The first-order valence-electron chi connectivity index (χ1n) is 6.33. The maximum absolute atomic E-state index is 9.61. The maximum atomic E-state index is 9.61. The van der Waals surface area contributed by atoms with E-state index < -0.39 is 0 Å². The van der Waals surface area contributed by atoms with Gasteiger partial charge in [0.15, 0.2) is 0 Å². The average molecular weight is 239 g/mol. The van der Waals surface area contributed by atoms with Crippen LogP contribution in [0, 0.1) is 0 Å².